The van der Waals surface area contributed by atoms with Gasteiger partial charge in [0.15, 0.2) is 5.75 Å². The maximum absolute atomic E-state index is 11.5. The van der Waals surface area contributed by atoms with E-state index in [4.69, 9.17) is 16.3 Å². The second-order valence-corrected chi connectivity index (χ2v) is 6.46. The fourth-order valence-corrected chi connectivity index (χ4v) is 4.21. The van der Waals surface area contributed by atoms with E-state index in [0.29, 0.717) is 23.9 Å². The molecule has 0 spiro atoms. The van der Waals surface area contributed by atoms with E-state index < -0.39 is 12.1 Å². The Morgan fingerprint density at radius 3 is 2.86 bits per heavy atom. The first-order valence-electron chi connectivity index (χ1n) is 6.73. The van der Waals surface area contributed by atoms with Crippen LogP contribution in [0.4, 0.5) is 10.5 Å². The minimum Gasteiger partial charge on any atom is -0.465 e. The third kappa shape index (κ3) is 2.23. The van der Waals surface area contributed by atoms with Crippen molar-refractivity contribution >= 4 is 50.8 Å². The summed E-state index contributed by atoms with van der Waals surface area (Å²) in [6.07, 6.45) is -1.03. The van der Waals surface area contributed by atoms with Crippen LogP contribution in [0.1, 0.15) is 24.0 Å². The van der Waals surface area contributed by atoms with Gasteiger partial charge in [0.25, 0.3) is 0 Å². The predicted molar refractivity (Wildman–Crippen MR) is 86.7 cm³/mol. The van der Waals surface area contributed by atoms with Gasteiger partial charge in [0.05, 0.1) is 10.4 Å². The number of carbonyl (C=O) groups is 2. The molecule has 0 saturated heterocycles. The standard InChI is InChI=1S/C15H14ClNO4S/c1-7-6-22-14-11(21-8(2)18)3-10-13(12(7)14)9(4-16)5-17(10)15(19)20/h3,6,9H,4-5H2,1-2H3,(H,19,20)/t9-/m1/s1. The van der Waals surface area contributed by atoms with Crippen LogP contribution in [0, 0.1) is 6.92 Å². The molecule has 7 heteroatoms. The number of rotatable bonds is 2. The van der Waals surface area contributed by atoms with Gasteiger partial charge in [0.2, 0.25) is 0 Å². The zero-order valence-electron chi connectivity index (χ0n) is 12.1. The molecule has 1 amide bonds. The molecule has 0 unspecified atom stereocenters. The number of halogens is 1. The number of ether oxygens (including phenoxy) is 1. The van der Waals surface area contributed by atoms with Crippen molar-refractivity contribution < 1.29 is 19.4 Å². The Bertz CT molecular complexity index is 785. The quantitative estimate of drug-likeness (QED) is 0.511. The van der Waals surface area contributed by atoms with Crippen LogP contribution in [-0.4, -0.2) is 29.6 Å². The summed E-state index contributed by atoms with van der Waals surface area (Å²) in [6, 6.07) is 1.63. The molecule has 0 aliphatic carbocycles. The van der Waals surface area contributed by atoms with Crippen LogP contribution in [0.5, 0.6) is 5.75 Å². The van der Waals surface area contributed by atoms with E-state index in [9.17, 15) is 14.7 Å². The van der Waals surface area contributed by atoms with Gasteiger partial charge in [0, 0.05) is 36.7 Å². The minimum absolute atomic E-state index is 0.0602. The van der Waals surface area contributed by atoms with Gasteiger partial charge in [-0.25, -0.2) is 4.79 Å². The summed E-state index contributed by atoms with van der Waals surface area (Å²) in [4.78, 5) is 24.1. The van der Waals surface area contributed by atoms with E-state index in [1.54, 1.807) is 6.07 Å². The third-order valence-electron chi connectivity index (χ3n) is 3.78. The Balaban J connectivity index is 2.32. The minimum atomic E-state index is -1.03. The van der Waals surface area contributed by atoms with Crippen molar-refractivity contribution in [2.45, 2.75) is 19.8 Å². The lowest BCUT2D eigenvalue weighted by Gasteiger charge is -2.14. The van der Waals surface area contributed by atoms with E-state index in [2.05, 4.69) is 0 Å². The fraction of sp³-hybridized carbons (Fsp3) is 0.333. The Morgan fingerprint density at radius 1 is 1.55 bits per heavy atom. The van der Waals surface area contributed by atoms with Gasteiger partial charge in [-0.3, -0.25) is 9.69 Å². The number of amides is 1. The fourth-order valence-electron chi connectivity index (χ4n) is 2.94. The number of hydrogen-bond acceptors (Lipinski definition) is 4. The van der Waals surface area contributed by atoms with Crippen molar-refractivity contribution in [3.05, 3.63) is 22.6 Å². The molecule has 0 fully saturated rings. The highest BCUT2D eigenvalue weighted by Crippen LogP contribution is 2.48. The Morgan fingerprint density at radius 2 is 2.27 bits per heavy atom. The Labute approximate surface area is 136 Å². The van der Waals surface area contributed by atoms with Gasteiger partial charge in [-0.2, -0.15) is 0 Å². The van der Waals surface area contributed by atoms with Gasteiger partial charge in [-0.1, -0.05) is 0 Å². The molecule has 1 aromatic heterocycles. The first-order valence-corrected chi connectivity index (χ1v) is 8.15. The van der Waals surface area contributed by atoms with Crippen LogP contribution in [0.25, 0.3) is 10.1 Å². The van der Waals surface area contributed by atoms with Crippen molar-refractivity contribution in [2.75, 3.05) is 17.3 Å². The van der Waals surface area contributed by atoms with Gasteiger partial charge in [0.1, 0.15) is 0 Å². The number of carbonyl (C=O) groups excluding carboxylic acids is 1. The van der Waals surface area contributed by atoms with E-state index in [1.807, 2.05) is 12.3 Å². The predicted octanol–water partition coefficient (Wildman–Crippen LogP) is 3.96. The van der Waals surface area contributed by atoms with Crippen molar-refractivity contribution in [2.24, 2.45) is 0 Å². The maximum Gasteiger partial charge on any atom is 0.411 e. The zero-order chi connectivity index (χ0) is 16.0. The molecule has 1 aliphatic rings. The third-order valence-corrected chi connectivity index (χ3v) is 5.27. The van der Waals surface area contributed by atoms with Gasteiger partial charge < -0.3 is 9.84 Å². The molecule has 5 nitrogen and oxygen atoms in total. The lowest BCUT2D eigenvalue weighted by molar-refractivity contribution is -0.131. The highest BCUT2D eigenvalue weighted by molar-refractivity contribution is 7.17. The average molecular weight is 340 g/mol. The number of alkyl halides is 1. The number of carboxylic acid groups (broad SMARTS) is 1. The highest BCUT2D eigenvalue weighted by atomic mass is 35.5. The molecule has 116 valence electrons. The molecule has 0 radical (unpaired) electrons. The first kappa shape index (κ1) is 15.1. The van der Waals surface area contributed by atoms with Gasteiger partial charge in [-0.05, 0) is 23.4 Å². The van der Waals surface area contributed by atoms with Gasteiger partial charge in [-0.15, -0.1) is 22.9 Å². The van der Waals surface area contributed by atoms with E-state index >= 15 is 0 Å². The second-order valence-electron chi connectivity index (χ2n) is 5.27. The molecule has 2 heterocycles. The van der Waals surface area contributed by atoms with Crippen molar-refractivity contribution in [1.29, 1.82) is 0 Å². The van der Waals surface area contributed by atoms with Crippen LogP contribution in [0.15, 0.2) is 11.4 Å². The highest BCUT2D eigenvalue weighted by Gasteiger charge is 2.35. The summed E-state index contributed by atoms with van der Waals surface area (Å²) in [5.41, 5.74) is 2.53. The summed E-state index contributed by atoms with van der Waals surface area (Å²) < 4.78 is 6.14. The van der Waals surface area contributed by atoms with E-state index in [-0.39, 0.29) is 5.92 Å². The number of aryl methyl sites for hydroxylation is 1. The monoisotopic (exact) mass is 339 g/mol. The van der Waals surface area contributed by atoms with E-state index in [1.165, 1.54) is 23.2 Å². The summed E-state index contributed by atoms with van der Waals surface area (Å²) in [6.45, 7) is 3.61. The molecular weight excluding hydrogens is 326 g/mol. The number of anilines is 1. The van der Waals surface area contributed by atoms with Crippen LogP contribution >= 0.6 is 22.9 Å². The van der Waals surface area contributed by atoms with Crippen LogP contribution in [0.3, 0.4) is 0 Å². The number of nitrogens with zero attached hydrogens (tertiary/aromatic N) is 1. The van der Waals surface area contributed by atoms with Crippen molar-refractivity contribution in [1.82, 2.24) is 0 Å². The molecular formula is C15H14ClNO4S. The molecule has 0 bridgehead atoms. The number of hydrogen-bond donors (Lipinski definition) is 1. The van der Waals surface area contributed by atoms with Crippen LogP contribution in [0.2, 0.25) is 0 Å². The number of esters is 1. The summed E-state index contributed by atoms with van der Waals surface area (Å²) in [5, 5.41) is 12.3. The molecule has 0 saturated carbocycles. The number of thiophene rings is 1. The zero-order valence-corrected chi connectivity index (χ0v) is 13.6. The normalized spacial score (nSPS) is 16.9. The average Bonchev–Trinajstić information content (AvgIpc) is 2.99. The van der Waals surface area contributed by atoms with Crippen molar-refractivity contribution in [3.8, 4) is 5.75 Å². The molecule has 1 N–H and O–H groups in total. The van der Waals surface area contributed by atoms with Gasteiger partial charge >= 0.3 is 12.1 Å². The smallest absolute Gasteiger partial charge is 0.411 e. The molecule has 2 aromatic rings. The molecule has 3 rings (SSSR count). The van der Waals surface area contributed by atoms with Crippen LogP contribution in [-0.2, 0) is 4.79 Å². The lowest BCUT2D eigenvalue weighted by atomic mass is 9.97. The molecule has 22 heavy (non-hydrogen) atoms. The lowest BCUT2D eigenvalue weighted by Crippen LogP contribution is -2.28. The van der Waals surface area contributed by atoms with Crippen molar-refractivity contribution in [3.63, 3.8) is 0 Å². The number of benzene rings is 1. The Hall–Kier alpha value is -1.79. The largest absolute Gasteiger partial charge is 0.465 e. The topological polar surface area (TPSA) is 66.8 Å². The maximum atomic E-state index is 11.5. The summed E-state index contributed by atoms with van der Waals surface area (Å²) in [7, 11) is 0. The SMILES string of the molecule is CC(=O)Oc1cc2c(c3c(C)csc13)[C@H](CCl)CN2C(=O)O. The molecule has 1 aliphatic heterocycles. The first-order chi connectivity index (χ1) is 10.4. The summed E-state index contributed by atoms with van der Waals surface area (Å²) in [5.74, 6) is 0.255. The Kier molecular flexibility index (Phi) is 3.74. The second kappa shape index (κ2) is 5.44. The summed E-state index contributed by atoms with van der Waals surface area (Å²) >= 11 is 7.53. The molecule has 1 atom stereocenters. The van der Waals surface area contributed by atoms with E-state index in [0.717, 1.165) is 21.2 Å². The van der Waals surface area contributed by atoms with Crippen LogP contribution < -0.4 is 9.64 Å². The number of fused-ring (bicyclic) bond motifs is 3. The molecule has 1 aromatic carbocycles.